The third-order valence-electron chi connectivity index (χ3n) is 2.15. The van der Waals surface area contributed by atoms with Crippen LogP contribution in [0.15, 0.2) is 18.2 Å². The molecule has 13 heavy (non-hydrogen) atoms. The Morgan fingerprint density at radius 1 is 1.38 bits per heavy atom. The lowest BCUT2D eigenvalue weighted by Gasteiger charge is -2.15. The van der Waals surface area contributed by atoms with E-state index >= 15 is 0 Å². The summed E-state index contributed by atoms with van der Waals surface area (Å²) in [5.41, 5.74) is 9.28. The Morgan fingerprint density at radius 2 is 2.08 bits per heavy atom. The number of hydrogen-bond acceptors (Lipinski definition) is 2. The third kappa shape index (κ3) is 2.74. The van der Waals surface area contributed by atoms with Crippen LogP contribution in [0.5, 0.6) is 0 Å². The number of nitrogens with two attached hydrogens (primary N) is 1. The van der Waals surface area contributed by atoms with E-state index in [4.69, 9.17) is 5.73 Å². The van der Waals surface area contributed by atoms with Gasteiger partial charge in [-0.25, -0.2) is 0 Å². The minimum Gasteiger partial charge on any atom is -0.381 e. The average molecular weight is 178 g/mol. The summed E-state index contributed by atoms with van der Waals surface area (Å²) < 4.78 is 0. The highest BCUT2D eigenvalue weighted by molar-refractivity contribution is 5.53. The van der Waals surface area contributed by atoms with Gasteiger partial charge in [-0.1, -0.05) is 12.1 Å². The van der Waals surface area contributed by atoms with Crippen LogP contribution in [-0.4, -0.2) is 12.6 Å². The van der Waals surface area contributed by atoms with E-state index in [1.807, 2.05) is 0 Å². The molecule has 2 nitrogen and oxygen atoms in total. The molecule has 1 aromatic rings. The zero-order chi connectivity index (χ0) is 9.84. The summed E-state index contributed by atoms with van der Waals surface area (Å²) >= 11 is 0. The van der Waals surface area contributed by atoms with Crippen molar-refractivity contribution < 1.29 is 0 Å². The first-order valence-corrected chi connectivity index (χ1v) is 4.67. The van der Waals surface area contributed by atoms with Crippen LogP contribution in [-0.2, 0) is 0 Å². The van der Waals surface area contributed by atoms with Gasteiger partial charge in [0.2, 0.25) is 0 Å². The summed E-state index contributed by atoms with van der Waals surface area (Å²) in [4.78, 5) is 0. The van der Waals surface area contributed by atoms with Crippen molar-refractivity contribution >= 4 is 5.69 Å². The lowest BCUT2D eigenvalue weighted by molar-refractivity contribution is 0.802. The van der Waals surface area contributed by atoms with Gasteiger partial charge >= 0.3 is 0 Å². The van der Waals surface area contributed by atoms with Gasteiger partial charge in [0.25, 0.3) is 0 Å². The van der Waals surface area contributed by atoms with E-state index in [0.29, 0.717) is 12.6 Å². The number of anilines is 1. The second-order valence-electron chi connectivity index (χ2n) is 3.60. The minimum absolute atomic E-state index is 0.334. The third-order valence-corrected chi connectivity index (χ3v) is 2.15. The Balaban J connectivity index is 2.81. The standard InChI is InChI=1S/C11H18N2/c1-8-4-5-9(2)11(6-8)13-10(3)7-12/h4-6,10,13H,7,12H2,1-3H3. The highest BCUT2D eigenvalue weighted by Crippen LogP contribution is 2.16. The second kappa shape index (κ2) is 4.28. The molecule has 0 fully saturated rings. The highest BCUT2D eigenvalue weighted by Gasteiger charge is 2.01. The van der Waals surface area contributed by atoms with Crippen molar-refractivity contribution in [2.75, 3.05) is 11.9 Å². The second-order valence-corrected chi connectivity index (χ2v) is 3.60. The molecule has 1 rings (SSSR count). The van der Waals surface area contributed by atoms with Crippen LogP contribution in [0, 0.1) is 13.8 Å². The Labute approximate surface area is 80.1 Å². The summed E-state index contributed by atoms with van der Waals surface area (Å²) in [6.07, 6.45) is 0. The molecule has 0 bridgehead atoms. The molecule has 0 aliphatic heterocycles. The van der Waals surface area contributed by atoms with Gasteiger partial charge in [-0.2, -0.15) is 0 Å². The van der Waals surface area contributed by atoms with Crippen molar-refractivity contribution in [3.63, 3.8) is 0 Å². The summed E-state index contributed by atoms with van der Waals surface area (Å²) in [6, 6.07) is 6.73. The van der Waals surface area contributed by atoms with Gasteiger partial charge in [-0.3, -0.25) is 0 Å². The maximum absolute atomic E-state index is 5.55. The maximum Gasteiger partial charge on any atom is 0.0375 e. The number of aryl methyl sites for hydroxylation is 2. The molecular formula is C11H18N2. The van der Waals surface area contributed by atoms with Crippen LogP contribution in [0.3, 0.4) is 0 Å². The van der Waals surface area contributed by atoms with E-state index < -0.39 is 0 Å². The largest absolute Gasteiger partial charge is 0.381 e. The van der Waals surface area contributed by atoms with Crippen molar-refractivity contribution in [1.82, 2.24) is 0 Å². The minimum atomic E-state index is 0.334. The Hall–Kier alpha value is -1.02. The lowest BCUT2D eigenvalue weighted by Crippen LogP contribution is -2.25. The van der Waals surface area contributed by atoms with Crippen molar-refractivity contribution in [3.8, 4) is 0 Å². The molecule has 0 radical (unpaired) electrons. The van der Waals surface area contributed by atoms with E-state index in [0.717, 1.165) is 0 Å². The molecule has 0 spiro atoms. The van der Waals surface area contributed by atoms with Crippen LogP contribution in [0.2, 0.25) is 0 Å². The molecule has 0 saturated carbocycles. The fraction of sp³-hybridized carbons (Fsp3) is 0.455. The molecule has 0 saturated heterocycles. The quantitative estimate of drug-likeness (QED) is 0.743. The first-order valence-electron chi connectivity index (χ1n) is 4.67. The normalized spacial score (nSPS) is 12.6. The average Bonchev–Trinajstić information content (AvgIpc) is 2.11. The van der Waals surface area contributed by atoms with E-state index in [1.54, 1.807) is 0 Å². The SMILES string of the molecule is Cc1ccc(C)c(NC(C)CN)c1. The lowest BCUT2D eigenvalue weighted by atomic mass is 10.1. The topological polar surface area (TPSA) is 38.0 Å². The number of rotatable bonds is 3. The van der Waals surface area contributed by atoms with Crippen LogP contribution < -0.4 is 11.1 Å². The molecule has 1 aromatic carbocycles. The first kappa shape index (κ1) is 10.1. The molecule has 3 N–H and O–H groups in total. The van der Waals surface area contributed by atoms with Crippen molar-refractivity contribution in [2.24, 2.45) is 5.73 Å². The van der Waals surface area contributed by atoms with Gasteiger partial charge in [-0.15, -0.1) is 0 Å². The molecule has 0 aliphatic rings. The maximum atomic E-state index is 5.55. The zero-order valence-corrected chi connectivity index (χ0v) is 8.59. The molecule has 0 aromatic heterocycles. The summed E-state index contributed by atoms with van der Waals surface area (Å²) in [7, 11) is 0. The van der Waals surface area contributed by atoms with E-state index in [-0.39, 0.29) is 0 Å². The summed E-state index contributed by atoms with van der Waals surface area (Å²) in [6.45, 7) is 6.94. The smallest absolute Gasteiger partial charge is 0.0375 e. The van der Waals surface area contributed by atoms with Crippen molar-refractivity contribution in [1.29, 1.82) is 0 Å². The van der Waals surface area contributed by atoms with Crippen molar-refractivity contribution in [3.05, 3.63) is 29.3 Å². The van der Waals surface area contributed by atoms with Gasteiger partial charge in [0.05, 0.1) is 0 Å². The van der Waals surface area contributed by atoms with Gasteiger partial charge in [0, 0.05) is 18.3 Å². The van der Waals surface area contributed by atoms with Crippen LogP contribution >= 0.6 is 0 Å². The van der Waals surface area contributed by atoms with Gasteiger partial charge in [0.15, 0.2) is 0 Å². The fourth-order valence-corrected chi connectivity index (χ4v) is 1.22. The number of hydrogen-bond donors (Lipinski definition) is 2. The van der Waals surface area contributed by atoms with Crippen LogP contribution in [0.1, 0.15) is 18.1 Å². The van der Waals surface area contributed by atoms with Crippen molar-refractivity contribution in [2.45, 2.75) is 26.8 Å². The highest BCUT2D eigenvalue weighted by atomic mass is 14.9. The monoisotopic (exact) mass is 178 g/mol. The Morgan fingerprint density at radius 3 is 2.69 bits per heavy atom. The zero-order valence-electron chi connectivity index (χ0n) is 8.59. The van der Waals surface area contributed by atoms with E-state index in [9.17, 15) is 0 Å². The van der Waals surface area contributed by atoms with Crippen LogP contribution in [0.25, 0.3) is 0 Å². The fourth-order valence-electron chi connectivity index (χ4n) is 1.22. The molecule has 0 aliphatic carbocycles. The Kier molecular flexibility index (Phi) is 3.32. The molecule has 0 heterocycles. The molecule has 1 atom stereocenters. The van der Waals surface area contributed by atoms with Gasteiger partial charge in [-0.05, 0) is 38.0 Å². The first-order chi connectivity index (χ1) is 6.13. The Bertz CT molecular complexity index is 281. The van der Waals surface area contributed by atoms with E-state index in [1.165, 1.54) is 16.8 Å². The molecule has 2 heteroatoms. The molecule has 1 unspecified atom stereocenters. The predicted octanol–water partition coefficient (Wildman–Crippen LogP) is 2.06. The number of nitrogens with one attached hydrogen (secondary N) is 1. The molecular weight excluding hydrogens is 160 g/mol. The predicted molar refractivity (Wildman–Crippen MR) is 58.1 cm³/mol. The van der Waals surface area contributed by atoms with Gasteiger partial charge < -0.3 is 11.1 Å². The van der Waals surface area contributed by atoms with E-state index in [2.05, 4.69) is 44.3 Å². The van der Waals surface area contributed by atoms with Crippen LogP contribution in [0.4, 0.5) is 5.69 Å². The molecule has 0 amide bonds. The summed E-state index contributed by atoms with van der Waals surface area (Å²) in [5, 5.41) is 3.38. The number of benzene rings is 1. The molecule has 72 valence electrons. The summed E-state index contributed by atoms with van der Waals surface area (Å²) in [5.74, 6) is 0. The van der Waals surface area contributed by atoms with Gasteiger partial charge in [0.1, 0.15) is 0 Å².